The van der Waals surface area contributed by atoms with Crippen molar-refractivity contribution in [1.82, 2.24) is 25.1 Å². The highest BCUT2D eigenvalue weighted by molar-refractivity contribution is 7.09. The van der Waals surface area contributed by atoms with Crippen LogP contribution in [0.5, 0.6) is 0 Å². The first kappa shape index (κ1) is 17.3. The molecule has 0 atom stereocenters. The van der Waals surface area contributed by atoms with Crippen LogP contribution in [0.2, 0.25) is 0 Å². The minimum atomic E-state index is -0.612. The van der Waals surface area contributed by atoms with E-state index in [2.05, 4.69) is 20.2 Å². The number of aromatic nitrogens is 5. The molecule has 8 heteroatoms. The lowest BCUT2D eigenvalue weighted by Gasteiger charge is -2.19. The number of nitrogens with one attached hydrogen (secondary N) is 2. The molecular formula is C22H18N6OS. The summed E-state index contributed by atoms with van der Waals surface area (Å²) < 4.78 is 0. The van der Waals surface area contributed by atoms with Gasteiger partial charge in [0.15, 0.2) is 5.82 Å². The Hall–Kier alpha value is -3.52. The van der Waals surface area contributed by atoms with Crippen LogP contribution in [0.15, 0.2) is 48.0 Å². The van der Waals surface area contributed by atoms with Crippen molar-refractivity contribution in [1.29, 1.82) is 0 Å². The van der Waals surface area contributed by atoms with Gasteiger partial charge >= 0.3 is 0 Å². The van der Waals surface area contributed by atoms with Gasteiger partial charge in [0, 0.05) is 17.0 Å². The predicted octanol–water partition coefficient (Wildman–Crippen LogP) is 4.39. The van der Waals surface area contributed by atoms with Crippen LogP contribution in [-0.4, -0.2) is 31.1 Å². The van der Waals surface area contributed by atoms with Crippen LogP contribution in [0.3, 0.4) is 0 Å². The van der Waals surface area contributed by atoms with Gasteiger partial charge in [0.05, 0.1) is 34.2 Å². The van der Waals surface area contributed by atoms with Crippen molar-refractivity contribution in [2.45, 2.75) is 25.8 Å². The van der Waals surface area contributed by atoms with Crippen LogP contribution in [0.25, 0.3) is 33.5 Å². The Balaban J connectivity index is 1.50. The van der Waals surface area contributed by atoms with Crippen LogP contribution in [0.4, 0.5) is 5.69 Å². The van der Waals surface area contributed by atoms with Crippen molar-refractivity contribution in [3.8, 4) is 11.5 Å². The molecule has 5 aromatic rings. The number of imidazole rings is 1. The number of anilines is 1. The lowest BCUT2D eigenvalue weighted by molar-refractivity contribution is -0.122. The molecule has 2 N–H and O–H groups in total. The highest BCUT2D eigenvalue weighted by atomic mass is 32.1. The summed E-state index contributed by atoms with van der Waals surface area (Å²) in [4.78, 5) is 27.6. The van der Waals surface area contributed by atoms with E-state index in [0.29, 0.717) is 12.4 Å². The Morgan fingerprint density at radius 3 is 2.87 bits per heavy atom. The van der Waals surface area contributed by atoms with Crippen LogP contribution < -0.4 is 4.90 Å². The van der Waals surface area contributed by atoms with Gasteiger partial charge in [0.2, 0.25) is 5.91 Å². The zero-order chi connectivity index (χ0) is 20.5. The van der Waals surface area contributed by atoms with Gasteiger partial charge in [0.1, 0.15) is 10.7 Å². The standard InChI is InChI=1S/C22H18N6OS/c1-22(2)13-9-15-16(10-17(13)28(21(22)29)11-18-23-7-8-30-18)25-20(24-15)19-12-5-3-4-6-14(12)26-27-19/h3-10H,11H2,1-2H3,(H,24,25)(H,26,27). The lowest BCUT2D eigenvalue weighted by atomic mass is 9.86. The highest BCUT2D eigenvalue weighted by Gasteiger charge is 2.44. The molecular weight excluding hydrogens is 396 g/mol. The van der Waals surface area contributed by atoms with E-state index in [1.807, 2.05) is 60.5 Å². The third-order valence-corrected chi connectivity index (χ3v) is 6.58. The quantitative estimate of drug-likeness (QED) is 0.458. The van der Waals surface area contributed by atoms with Crippen LogP contribution >= 0.6 is 11.3 Å². The summed E-state index contributed by atoms with van der Waals surface area (Å²) in [6, 6.07) is 12.0. The molecule has 6 rings (SSSR count). The van der Waals surface area contributed by atoms with Crippen LogP contribution in [-0.2, 0) is 16.8 Å². The molecule has 1 aliphatic rings. The smallest absolute Gasteiger partial charge is 0.237 e. The average Bonchev–Trinajstić information content (AvgIpc) is 3.50. The molecule has 0 bridgehead atoms. The number of hydrogen-bond donors (Lipinski definition) is 2. The maximum atomic E-state index is 13.2. The fraction of sp³-hybridized carbons (Fsp3) is 0.182. The van der Waals surface area contributed by atoms with E-state index in [-0.39, 0.29) is 5.91 Å². The molecule has 1 aliphatic heterocycles. The van der Waals surface area contributed by atoms with E-state index in [1.165, 1.54) is 0 Å². The van der Waals surface area contributed by atoms with E-state index in [1.54, 1.807) is 17.5 Å². The molecule has 3 aromatic heterocycles. The fourth-order valence-corrected chi connectivity index (χ4v) is 4.81. The first-order valence-electron chi connectivity index (χ1n) is 9.70. The molecule has 1 amide bonds. The molecule has 4 heterocycles. The minimum Gasteiger partial charge on any atom is -0.337 e. The third kappa shape index (κ3) is 2.37. The molecule has 7 nitrogen and oxygen atoms in total. The number of amides is 1. The predicted molar refractivity (Wildman–Crippen MR) is 118 cm³/mol. The zero-order valence-electron chi connectivity index (χ0n) is 16.4. The molecule has 30 heavy (non-hydrogen) atoms. The van der Waals surface area contributed by atoms with Crippen molar-refractivity contribution in [3.05, 3.63) is 58.5 Å². The van der Waals surface area contributed by atoms with Crippen molar-refractivity contribution in [2.24, 2.45) is 0 Å². The Kier molecular flexibility index (Phi) is 3.47. The number of rotatable bonds is 3. The maximum absolute atomic E-state index is 13.2. The largest absolute Gasteiger partial charge is 0.337 e. The highest BCUT2D eigenvalue weighted by Crippen LogP contribution is 2.44. The first-order chi connectivity index (χ1) is 14.5. The van der Waals surface area contributed by atoms with Crippen molar-refractivity contribution in [2.75, 3.05) is 4.90 Å². The van der Waals surface area contributed by atoms with E-state index < -0.39 is 5.41 Å². The monoisotopic (exact) mass is 414 g/mol. The maximum Gasteiger partial charge on any atom is 0.237 e. The number of benzene rings is 2. The van der Waals surface area contributed by atoms with E-state index >= 15 is 0 Å². The second-order valence-corrected chi connectivity index (χ2v) is 9.01. The Morgan fingerprint density at radius 1 is 1.17 bits per heavy atom. The number of thiazole rings is 1. The second kappa shape index (κ2) is 5.99. The summed E-state index contributed by atoms with van der Waals surface area (Å²) in [6.45, 7) is 4.41. The van der Waals surface area contributed by atoms with Crippen molar-refractivity contribution in [3.63, 3.8) is 0 Å². The van der Waals surface area contributed by atoms with Crippen molar-refractivity contribution >= 4 is 44.9 Å². The van der Waals surface area contributed by atoms with Gasteiger partial charge in [-0.3, -0.25) is 9.89 Å². The Bertz CT molecular complexity index is 1430. The Morgan fingerprint density at radius 2 is 2.03 bits per heavy atom. The summed E-state index contributed by atoms with van der Waals surface area (Å²) in [5.74, 6) is 0.792. The summed E-state index contributed by atoms with van der Waals surface area (Å²) in [5.41, 5.74) is 4.75. The molecule has 0 radical (unpaired) electrons. The normalized spacial score (nSPS) is 15.4. The molecule has 148 valence electrons. The Labute approximate surface area is 175 Å². The minimum absolute atomic E-state index is 0.0823. The third-order valence-electron chi connectivity index (χ3n) is 5.81. The average molecular weight is 414 g/mol. The summed E-state index contributed by atoms with van der Waals surface area (Å²) in [5, 5.41) is 11.4. The molecule has 0 fully saturated rings. The van der Waals surface area contributed by atoms with E-state index in [9.17, 15) is 4.79 Å². The van der Waals surface area contributed by atoms with Gasteiger partial charge in [-0.15, -0.1) is 11.3 Å². The molecule has 0 spiro atoms. The van der Waals surface area contributed by atoms with Crippen LogP contribution in [0, 0.1) is 0 Å². The fourth-order valence-electron chi connectivity index (χ4n) is 4.21. The van der Waals surface area contributed by atoms with Gasteiger partial charge in [-0.05, 0) is 37.6 Å². The number of fused-ring (bicyclic) bond motifs is 3. The van der Waals surface area contributed by atoms with Gasteiger partial charge in [-0.2, -0.15) is 5.10 Å². The number of hydrogen-bond acceptors (Lipinski definition) is 5. The first-order valence-corrected chi connectivity index (χ1v) is 10.6. The topological polar surface area (TPSA) is 90.6 Å². The van der Waals surface area contributed by atoms with Crippen molar-refractivity contribution < 1.29 is 4.79 Å². The SMILES string of the molecule is CC1(C)C(=O)N(Cc2nccs2)c2cc3[nH]c(-c4n[nH]c5ccccc45)nc3cc21. The second-order valence-electron chi connectivity index (χ2n) is 8.03. The number of nitrogens with zero attached hydrogens (tertiary/aromatic N) is 4. The molecule has 0 saturated heterocycles. The summed E-state index contributed by atoms with van der Waals surface area (Å²) in [6.07, 6.45) is 1.77. The molecule has 0 unspecified atom stereocenters. The van der Waals surface area contributed by atoms with Gasteiger partial charge < -0.3 is 9.88 Å². The van der Waals surface area contributed by atoms with Gasteiger partial charge in [0.25, 0.3) is 0 Å². The zero-order valence-corrected chi connectivity index (χ0v) is 17.2. The van der Waals surface area contributed by atoms with E-state index in [0.717, 1.165) is 43.9 Å². The number of carbonyl (C=O) groups excluding carboxylic acids is 1. The number of aromatic amines is 2. The molecule has 0 aliphatic carbocycles. The molecule has 2 aromatic carbocycles. The van der Waals surface area contributed by atoms with Crippen LogP contribution in [0.1, 0.15) is 24.4 Å². The summed E-state index contributed by atoms with van der Waals surface area (Å²) >= 11 is 1.56. The lowest BCUT2D eigenvalue weighted by Crippen LogP contribution is -2.35. The summed E-state index contributed by atoms with van der Waals surface area (Å²) in [7, 11) is 0. The number of para-hydroxylation sites is 1. The molecule has 0 saturated carbocycles. The van der Waals surface area contributed by atoms with E-state index in [4.69, 9.17) is 4.98 Å². The number of carbonyl (C=O) groups is 1. The van der Waals surface area contributed by atoms with Gasteiger partial charge in [-0.25, -0.2) is 9.97 Å². The number of H-pyrrole nitrogens is 2. The van der Waals surface area contributed by atoms with Gasteiger partial charge in [-0.1, -0.05) is 18.2 Å².